The molecule has 156 valence electrons. The minimum atomic E-state index is 0.451. The Morgan fingerprint density at radius 3 is 2.58 bits per heavy atom. The lowest BCUT2D eigenvalue weighted by molar-refractivity contribution is 0.205. The Labute approximate surface area is 182 Å². The molecule has 1 fully saturated rings. The summed E-state index contributed by atoms with van der Waals surface area (Å²) in [4.78, 5) is 11.7. The van der Waals surface area contributed by atoms with Crippen LogP contribution in [0.2, 0.25) is 0 Å². The predicted octanol–water partition coefficient (Wildman–Crippen LogP) is 5.71. The molecule has 0 atom stereocenters. The summed E-state index contributed by atoms with van der Waals surface area (Å²) in [5.41, 5.74) is 4.06. The van der Waals surface area contributed by atoms with Crippen LogP contribution in [0.1, 0.15) is 18.9 Å². The molecular weight excluding hydrogens is 384 g/mol. The first-order valence-electron chi connectivity index (χ1n) is 10.8. The van der Waals surface area contributed by atoms with E-state index in [1.54, 1.807) is 6.33 Å². The molecule has 0 unspecified atom stereocenters. The Balaban J connectivity index is 1.48. The second-order valence-corrected chi connectivity index (χ2v) is 7.94. The number of ether oxygens (including phenoxy) is 1. The normalized spacial score (nSPS) is 15.2. The molecule has 5 nitrogen and oxygen atoms in total. The first-order valence-corrected chi connectivity index (χ1v) is 10.8. The van der Waals surface area contributed by atoms with Crippen LogP contribution in [0.4, 0.5) is 0 Å². The van der Waals surface area contributed by atoms with Gasteiger partial charge in [0.25, 0.3) is 0 Å². The molecule has 0 aliphatic carbocycles. The SMILES string of the molecule is C=CCN1CCC(n2ccc3ncnc(-c4cccc(Oc5ccccc5)c4)c32)CC1. The third-order valence-corrected chi connectivity index (χ3v) is 5.93. The Kier molecular flexibility index (Phi) is 5.50. The number of aromatic nitrogens is 3. The van der Waals surface area contributed by atoms with Crippen LogP contribution < -0.4 is 4.74 Å². The molecule has 0 bridgehead atoms. The standard InChI is InChI=1S/C26H26N4O/c1-2-14-29-15-11-21(12-16-29)30-17-13-24-26(30)25(28-19-27-24)20-7-6-10-23(18-20)31-22-8-4-3-5-9-22/h2-10,13,17-19,21H,1,11-12,14-16H2. The predicted molar refractivity (Wildman–Crippen MR) is 124 cm³/mol. The summed E-state index contributed by atoms with van der Waals surface area (Å²) >= 11 is 0. The zero-order valence-electron chi connectivity index (χ0n) is 17.5. The molecule has 0 radical (unpaired) electrons. The Bertz CT molecular complexity index is 1180. The molecule has 4 aromatic rings. The van der Waals surface area contributed by atoms with E-state index >= 15 is 0 Å². The van der Waals surface area contributed by atoms with Crippen molar-refractivity contribution in [2.24, 2.45) is 0 Å². The molecule has 0 saturated carbocycles. The summed E-state index contributed by atoms with van der Waals surface area (Å²) in [6.07, 6.45) is 8.04. The molecule has 5 heteroatoms. The number of benzene rings is 2. The maximum Gasteiger partial charge on any atom is 0.128 e. The number of para-hydroxylation sites is 1. The summed E-state index contributed by atoms with van der Waals surface area (Å²) < 4.78 is 8.43. The van der Waals surface area contributed by atoms with Crippen molar-refractivity contribution in [3.63, 3.8) is 0 Å². The molecule has 0 amide bonds. The quantitative estimate of drug-likeness (QED) is 0.382. The van der Waals surface area contributed by atoms with E-state index in [9.17, 15) is 0 Å². The van der Waals surface area contributed by atoms with E-state index in [-0.39, 0.29) is 0 Å². The second-order valence-electron chi connectivity index (χ2n) is 7.94. The fourth-order valence-electron chi connectivity index (χ4n) is 4.40. The molecule has 0 spiro atoms. The fourth-order valence-corrected chi connectivity index (χ4v) is 4.40. The van der Waals surface area contributed by atoms with Crippen LogP contribution in [0.15, 0.2) is 85.8 Å². The highest BCUT2D eigenvalue weighted by atomic mass is 16.5. The molecule has 1 aliphatic heterocycles. The largest absolute Gasteiger partial charge is 0.457 e. The lowest BCUT2D eigenvalue weighted by Crippen LogP contribution is -2.34. The van der Waals surface area contributed by atoms with E-state index in [4.69, 9.17) is 4.74 Å². The van der Waals surface area contributed by atoms with Crippen molar-refractivity contribution in [1.29, 1.82) is 0 Å². The monoisotopic (exact) mass is 410 g/mol. The lowest BCUT2D eigenvalue weighted by atomic mass is 10.0. The molecule has 1 saturated heterocycles. The fraction of sp³-hybridized carbons (Fsp3) is 0.231. The van der Waals surface area contributed by atoms with Crippen molar-refractivity contribution >= 4 is 11.0 Å². The highest BCUT2D eigenvalue weighted by Gasteiger charge is 2.22. The minimum absolute atomic E-state index is 0.451. The van der Waals surface area contributed by atoms with Gasteiger partial charge in [0.15, 0.2) is 0 Å². The van der Waals surface area contributed by atoms with Crippen LogP contribution in [0.5, 0.6) is 11.5 Å². The first kappa shape index (κ1) is 19.5. The van der Waals surface area contributed by atoms with Crippen molar-refractivity contribution in [2.75, 3.05) is 19.6 Å². The van der Waals surface area contributed by atoms with Gasteiger partial charge < -0.3 is 9.30 Å². The van der Waals surface area contributed by atoms with Crippen LogP contribution in [0, 0.1) is 0 Å². The molecule has 31 heavy (non-hydrogen) atoms. The molecule has 2 aromatic heterocycles. The molecule has 5 rings (SSSR count). The maximum atomic E-state index is 6.05. The van der Waals surface area contributed by atoms with Gasteiger partial charge >= 0.3 is 0 Å². The molecule has 0 N–H and O–H groups in total. The van der Waals surface area contributed by atoms with Crippen molar-refractivity contribution in [3.8, 4) is 22.8 Å². The van der Waals surface area contributed by atoms with E-state index in [0.717, 1.165) is 66.3 Å². The van der Waals surface area contributed by atoms with Crippen molar-refractivity contribution in [1.82, 2.24) is 19.4 Å². The topological polar surface area (TPSA) is 43.2 Å². The van der Waals surface area contributed by atoms with Crippen LogP contribution in [-0.2, 0) is 0 Å². The summed E-state index contributed by atoms with van der Waals surface area (Å²) in [5.74, 6) is 1.62. The van der Waals surface area contributed by atoms with Gasteiger partial charge in [-0.1, -0.05) is 36.4 Å². The smallest absolute Gasteiger partial charge is 0.128 e. The van der Waals surface area contributed by atoms with Crippen LogP contribution in [0.25, 0.3) is 22.3 Å². The van der Waals surface area contributed by atoms with Crippen LogP contribution >= 0.6 is 0 Å². The highest BCUT2D eigenvalue weighted by molar-refractivity contribution is 5.90. The number of nitrogens with zero attached hydrogens (tertiary/aromatic N) is 4. The number of fused-ring (bicyclic) bond motifs is 1. The van der Waals surface area contributed by atoms with E-state index in [1.165, 1.54) is 0 Å². The summed E-state index contributed by atoms with van der Waals surface area (Å²) in [6, 6.07) is 20.5. The van der Waals surface area contributed by atoms with E-state index in [1.807, 2.05) is 48.5 Å². The number of hydrogen-bond donors (Lipinski definition) is 0. The van der Waals surface area contributed by atoms with E-state index in [0.29, 0.717) is 6.04 Å². The van der Waals surface area contributed by atoms with Crippen molar-refractivity contribution in [2.45, 2.75) is 18.9 Å². The lowest BCUT2D eigenvalue weighted by Gasteiger charge is -2.32. The van der Waals surface area contributed by atoms with Gasteiger partial charge in [-0.05, 0) is 43.2 Å². The average molecular weight is 411 g/mol. The molecule has 3 heterocycles. The van der Waals surface area contributed by atoms with Gasteiger partial charge in [0.2, 0.25) is 0 Å². The van der Waals surface area contributed by atoms with Gasteiger partial charge in [-0.15, -0.1) is 6.58 Å². The van der Waals surface area contributed by atoms with Gasteiger partial charge in [-0.3, -0.25) is 4.90 Å². The number of likely N-dealkylation sites (tertiary alicyclic amines) is 1. The number of piperidine rings is 1. The number of hydrogen-bond acceptors (Lipinski definition) is 4. The Hall–Kier alpha value is -3.44. The first-order chi connectivity index (χ1) is 15.3. The highest BCUT2D eigenvalue weighted by Crippen LogP contribution is 2.34. The van der Waals surface area contributed by atoms with E-state index < -0.39 is 0 Å². The van der Waals surface area contributed by atoms with Crippen LogP contribution in [0.3, 0.4) is 0 Å². The molecule has 1 aliphatic rings. The van der Waals surface area contributed by atoms with Gasteiger partial charge in [0, 0.05) is 37.4 Å². The van der Waals surface area contributed by atoms with Gasteiger partial charge in [0.05, 0.1) is 16.7 Å². The van der Waals surface area contributed by atoms with Crippen molar-refractivity contribution in [3.05, 3.63) is 85.8 Å². The van der Waals surface area contributed by atoms with Gasteiger partial charge in [-0.2, -0.15) is 0 Å². The molecular formula is C26H26N4O. The second kappa shape index (κ2) is 8.74. The van der Waals surface area contributed by atoms with Crippen molar-refractivity contribution < 1.29 is 4.74 Å². The minimum Gasteiger partial charge on any atom is -0.457 e. The van der Waals surface area contributed by atoms with E-state index in [2.05, 4.69) is 50.4 Å². The maximum absolute atomic E-state index is 6.05. The summed E-state index contributed by atoms with van der Waals surface area (Å²) in [6.45, 7) is 7.00. The zero-order valence-corrected chi connectivity index (χ0v) is 17.5. The molecule has 2 aromatic carbocycles. The summed E-state index contributed by atoms with van der Waals surface area (Å²) in [7, 11) is 0. The van der Waals surface area contributed by atoms with Gasteiger partial charge in [-0.25, -0.2) is 9.97 Å². The third-order valence-electron chi connectivity index (χ3n) is 5.93. The van der Waals surface area contributed by atoms with Crippen LogP contribution in [-0.4, -0.2) is 39.1 Å². The Morgan fingerprint density at radius 2 is 1.77 bits per heavy atom. The summed E-state index contributed by atoms with van der Waals surface area (Å²) in [5, 5.41) is 0. The zero-order chi connectivity index (χ0) is 21.0. The Morgan fingerprint density at radius 1 is 0.968 bits per heavy atom. The third kappa shape index (κ3) is 4.09. The average Bonchev–Trinajstić information content (AvgIpc) is 3.25. The van der Waals surface area contributed by atoms with Gasteiger partial charge in [0.1, 0.15) is 17.8 Å². The number of rotatable bonds is 6.